The summed E-state index contributed by atoms with van der Waals surface area (Å²) >= 11 is 12.7. The van der Waals surface area contributed by atoms with Crippen molar-refractivity contribution in [2.75, 3.05) is 19.0 Å². The van der Waals surface area contributed by atoms with E-state index in [0.29, 0.717) is 45.7 Å². The number of aliphatic imine (C=N–C) groups is 1. The molecule has 1 aliphatic rings. The summed E-state index contributed by atoms with van der Waals surface area (Å²) in [6.45, 7) is 1.28. The number of hydrogen-bond donors (Lipinski definition) is 1. The molecule has 1 N–H and O–H groups in total. The third kappa shape index (κ3) is 4.68. The molecule has 176 valence electrons. The zero-order valence-corrected chi connectivity index (χ0v) is 20.0. The molecule has 0 bridgehead atoms. The van der Waals surface area contributed by atoms with Gasteiger partial charge >= 0.3 is 0 Å². The van der Waals surface area contributed by atoms with Gasteiger partial charge in [0.2, 0.25) is 5.95 Å². The Morgan fingerprint density at radius 2 is 1.91 bits per heavy atom. The second kappa shape index (κ2) is 9.73. The summed E-state index contributed by atoms with van der Waals surface area (Å²) in [5, 5.41) is 10.6. The van der Waals surface area contributed by atoms with Gasteiger partial charge in [0.15, 0.2) is 5.65 Å². The van der Waals surface area contributed by atoms with Crippen molar-refractivity contribution >= 4 is 58.4 Å². The fourth-order valence-electron chi connectivity index (χ4n) is 3.76. The van der Waals surface area contributed by atoms with Gasteiger partial charge in [-0.25, -0.2) is 9.98 Å². The number of pyridine rings is 1. The van der Waals surface area contributed by atoms with Gasteiger partial charge in [0.05, 0.1) is 28.7 Å². The predicted molar refractivity (Wildman–Crippen MR) is 139 cm³/mol. The van der Waals surface area contributed by atoms with Crippen LogP contribution in [0.3, 0.4) is 0 Å². The molecular weight excluding hydrogens is 489 g/mol. The molecule has 2 aromatic heterocycles. The average molecular weight is 508 g/mol. The van der Waals surface area contributed by atoms with Crippen molar-refractivity contribution in [2.24, 2.45) is 10.1 Å². The lowest BCUT2D eigenvalue weighted by Gasteiger charge is -2.18. The minimum absolute atomic E-state index is 0.289. The Kier molecular flexibility index (Phi) is 6.35. The molecule has 4 aromatic rings. The van der Waals surface area contributed by atoms with Crippen LogP contribution < -0.4 is 15.7 Å². The number of nitrogens with zero attached hydrogens (tertiary/aromatic N) is 6. The summed E-state index contributed by atoms with van der Waals surface area (Å²) in [6, 6.07) is 14.6. The van der Waals surface area contributed by atoms with Gasteiger partial charge in [-0.05, 0) is 35.9 Å². The van der Waals surface area contributed by atoms with Gasteiger partial charge in [-0.1, -0.05) is 41.4 Å². The van der Waals surface area contributed by atoms with Crippen LogP contribution in [0.5, 0.6) is 0 Å². The van der Waals surface area contributed by atoms with Gasteiger partial charge in [0.1, 0.15) is 13.4 Å². The molecule has 2 aromatic carbocycles. The van der Waals surface area contributed by atoms with E-state index < -0.39 is 5.56 Å². The van der Waals surface area contributed by atoms with E-state index in [4.69, 9.17) is 28.0 Å². The summed E-state index contributed by atoms with van der Waals surface area (Å²) in [5.74, 6) is 0.312. The highest BCUT2D eigenvalue weighted by atomic mass is 35.5. The Morgan fingerprint density at radius 3 is 2.66 bits per heavy atom. The SMILES string of the molecule is COn1c(=O)c(-c2c(Cl)cccc2Cl)cc2cnc(Nc3cccc(CN4CC=NC=N4)c3)nc21. The minimum atomic E-state index is -0.438. The fourth-order valence-corrected chi connectivity index (χ4v) is 4.37. The zero-order chi connectivity index (χ0) is 24.4. The first-order valence-electron chi connectivity index (χ1n) is 10.6. The average Bonchev–Trinajstić information content (AvgIpc) is 2.85. The Labute approximate surface area is 210 Å². The second-order valence-electron chi connectivity index (χ2n) is 7.64. The highest BCUT2D eigenvalue weighted by molar-refractivity contribution is 6.39. The van der Waals surface area contributed by atoms with Gasteiger partial charge in [-0.15, -0.1) is 4.73 Å². The van der Waals surface area contributed by atoms with E-state index in [1.165, 1.54) is 13.4 Å². The standard InChI is InChI=1S/C24H19Cl2N7O2/c1-35-33-22-16(11-18(23(33)34)21-19(25)6-3-7-20(21)26)12-28-24(31-22)30-17-5-2-4-15(10-17)13-32-9-8-27-14-29-32/h2-8,10-12,14H,9,13H2,1H3,(H,28,30,31). The molecule has 0 fully saturated rings. The molecule has 35 heavy (non-hydrogen) atoms. The highest BCUT2D eigenvalue weighted by Crippen LogP contribution is 2.33. The molecule has 0 saturated carbocycles. The van der Waals surface area contributed by atoms with Crippen molar-refractivity contribution < 1.29 is 4.84 Å². The fraction of sp³-hybridized carbons (Fsp3) is 0.125. The van der Waals surface area contributed by atoms with E-state index in [2.05, 4.69) is 25.4 Å². The molecule has 1 aliphatic heterocycles. The van der Waals surface area contributed by atoms with Crippen molar-refractivity contribution in [1.82, 2.24) is 19.7 Å². The molecule has 0 saturated heterocycles. The molecular formula is C24H19Cl2N7O2. The van der Waals surface area contributed by atoms with Crippen molar-refractivity contribution in [1.29, 1.82) is 0 Å². The van der Waals surface area contributed by atoms with Gasteiger partial charge in [-0.3, -0.25) is 9.80 Å². The Morgan fingerprint density at radius 1 is 1.11 bits per heavy atom. The Bertz CT molecular complexity index is 1510. The normalized spacial score (nSPS) is 12.8. The molecule has 0 atom stereocenters. The summed E-state index contributed by atoms with van der Waals surface area (Å²) in [6.07, 6.45) is 4.94. The molecule has 0 unspecified atom stereocenters. The molecule has 9 nitrogen and oxygen atoms in total. The summed E-state index contributed by atoms with van der Waals surface area (Å²) < 4.78 is 1.10. The third-order valence-electron chi connectivity index (χ3n) is 5.35. The number of aromatic nitrogens is 3. The molecule has 0 spiro atoms. The molecule has 0 radical (unpaired) electrons. The summed E-state index contributed by atoms with van der Waals surface area (Å²) in [4.78, 5) is 31.5. The largest absolute Gasteiger partial charge is 0.412 e. The maximum absolute atomic E-state index is 13.2. The zero-order valence-electron chi connectivity index (χ0n) is 18.5. The van der Waals surface area contributed by atoms with Crippen LogP contribution in [0, 0.1) is 0 Å². The monoisotopic (exact) mass is 507 g/mol. The number of benzene rings is 2. The second-order valence-corrected chi connectivity index (χ2v) is 8.46. The number of hydrogen-bond acceptors (Lipinski definition) is 8. The van der Waals surface area contributed by atoms with Crippen LogP contribution in [0.15, 0.2) is 69.6 Å². The first-order chi connectivity index (χ1) is 17.0. The van der Waals surface area contributed by atoms with Gasteiger partial charge in [0.25, 0.3) is 5.56 Å². The predicted octanol–water partition coefficient (Wildman–Crippen LogP) is 4.40. The number of rotatable bonds is 6. The van der Waals surface area contributed by atoms with Crippen molar-refractivity contribution in [3.05, 3.63) is 80.7 Å². The number of halogens is 2. The van der Waals surface area contributed by atoms with Crippen LogP contribution >= 0.6 is 23.2 Å². The van der Waals surface area contributed by atoms with Crippen LogP contribution in [0.4, 0.5) is 11.6 Å². The first-order valence-corrected chi connectivity index (χ1v) is 11.4. The quantitative estimate of drug-likeness (QED) is 0.415. The van der Waals surface area contributed by atoms with E-state index in [1.54, 1.807) is 36.7 Å². The lowest BCUT2D eigenvalue weighted by atomic mass is 10.1. The minimum Gasteiger partial charge on any atom is -0.412 e. The van der Waals surface area contributed by atoms with Crippen molar-refractivity contribution in [2.45, 2.75) is 6.54 Å². The van der Waals surface area contributed by atoms with E-state index >= 15 is 0 Å². The maximum Gasteiger partial charge on any atom is 0.293 e. The highest BCUT2D eigenvalue weighted by Gasteiger charge is 2.18. The van der Waals surface area contributed by atoms with E-state index in [0.717, 1.165) is 16.0 Å². The number of anilines is 2. The number of hydrazone groups is 1. The van der Waals surface area contributed by atoms with Crippen LogP contribution in [-0.4, -0.2) is 45.9 Å². The lowest BCUT2D eigenvalue weighted by molar-refractivity contribution is 0.168. The molecule has 3 heterocycles. The molecule has 0 amide bonds. The van der Waals surface area contributed by atoms with Crippen LogP contribution in [0.1, 0.15) is 5.56 Å². The van der Waals surface area contributed by atoms with Crippen molar-refractivity contribution in [3.63, 3.8) is 0 Å². The lowest BCUT2D eigenvalue weighted by Crippen LogP contribution is -2.27. The molecule has 5 rings (SSSR count). The van der Waals surface area contributed by atoms with E-state index in [1.807, 2.05) is 29.3 Å². The summed E-state index contributed by atoms with van der Waals surface area (Å²) in [7, 11) is 1.39. The smallest absolute Gasteiger partial charge is 0.293 e. The third-order valence-corrected chi connectivity index (χ3v) is 5.98. The molecule has 11 heteroatoms. The first kappa shape index (κ1) is 22.8. The van der Waals surface area contributed by atoms with E-state index in [9.17, 15) is 4.79 Å². The molecule has 0 aliphatic carbocycles. The van der Waals surface area contributed by atoms with E-state index in [-0.39, 0.29) is 5.56 Å². The van der Waals surface area contributed by atoms with Gasteiger partial charge in [-0.2, -0.15) is 10.1 Å². The van der Waals surface area contributed by atoms with Crippen molar-refractivity contribution in [3.8, 4) is 11.1 Å². The Hall–Kier alpha value is -3.95. The summed E-state index contributed by atoms with van der Waals surface area (Å²) in [5.41, 5.74) is 2.43. The number of nitrogens with one attached hydrogen (secondary N) is 1. The van der Waals surface area contributed by atoms with Gasteiger partial charge < -0.3 is 10.2 Å². The van der Waals surface area contributed by atoms with Gasteiger partial charge in [0, 0.05) is 29.0 Å². The van der Waals surface area contributed by atoms with Crippen LogP contribution in [0.2, 0.25) is 10.0 Å². The van der Waals surface area contributed by atoms with Crippen LogP contribution in [0.25, 0.3) is 22.2 Å². The Balaban J connectivity index is 1.48. The number of fused-ring (bicyclic) bond motifs is 1. The van der Waals surface area contributed by atoms with Crippen LogP contribution in [-0.2, 0) is 6.54 Å². The maximum atomic E-state index is 13.2. The topological polar surface area (TPSA) is 97.0 Å².